The lowest BCUT2D eigenvalue weighted by Crippen LogP contribution is -2.25. The van der Waals surface area contributed by atoms with Gasteiger partial charge in [-0.05, 0) is 24.3 Å². The summed E-state index contributed by atoms with van der Waals surface area (Å²) in [6, 6.07) is 6.40. The summed E-state index contributed by atoms with van der Waals surface area (Å²) in [6.45, 7) is -0.796. The van der Waals surface area contributed by atoms with Crippen molar-refractivity contribution in [1.29, 1.82) is 0 Å². The Balaban J connectivity index is 2.29. The molecule has 0 aliphatic rings. The van der Waals surface area contributed by atoms with E-state index in [0.717, 1.165) is 6.07 Å². The number of alkyl halides is 2. The Kier molecular flexibility index (Phi) is 4.51. The highest BCUT2D eigenvalue weighted by Crippen LogP contribution is 2.29. The maximum Gasteiger partial charge on any atom is 0.285 e. The van der Waals surface area contributed by atoms with E-state index in [1.54, 1.807) is 0 Å². The van der Waals surface area contributed by atoms with Crippen molar-refractivity contribution < 1.29 is 13.2 Å². The monoisotopic (exact) mass is 310 g/mol. The van der Waals surface area contributed by atoms with Crippen molar-refractivity contribution in [2.24, 2.45) is 5.73 Å². The second-order valence-electron chi connectivity index (χ2n) is 4.22. The van der Waals surface area contributed by atoms with Crippen LogP contribution < -0.4 is 5.73 Å². The van der Waals surface area contributed by atoms with E-state index in [-0.39, 0.29) is 10.6 Å². The van der Waals surface area contributed by atoms with Crippen LogP contribution in [0.1, 0.15) is 16.7 Å². The predicted molar refractivity (Wildman–Crippen MR) is 74.6 cm³/mol. The average molecular weight is 311 g/mol. The average Bonchev–Trinajstić information content (AvgIpc) is 2.47. The molecule has 2 rings (SSSR count). The van der Waals surface area contributed by atoms with Crippen molar-refractivity contribution in [3.05, 3.63) is 64.2 Å². The fourth-order valence-electron chi connectivity index (χ4n) is 1.55. The van der Waals surface area contributed by atoms with E-state index in [9.17, 15) is 13.2 Å². The molecule has 1 heterocycles. The molecule has 1 aromatic carbocycles. The summed E-state index contributed by atoms with van der Waals surface area (Å²) in [5.74, 6) is 1.72. The molecule has 0 fully saturated rings. The van der Waals surface area contributed by atoms with Gasteiger partial charge in [-0.1, -0.05) is 29.5 Å². The van der Waals surface area contributed by atoms with E-state index in [1.165, 1.54) is 30.5 Å². The first-order valence-corrected chi connectivity index (χ1v) is 6.31. The van der Waals surface area contributed by atoms with Gasteiger partial charge >= 0.3 is 0 Å². The second-order valence-corrected chi connectivity index (χ2v) is 4.63. The van der Waals surface area contributed by atoms with Crippen molar-refractivity contribution in [3.63, 3.8) is 0 Å². The van der Waals surface area contributed by atoms with Crippen LogP contribution in [0, 0.1) is 17.8 Å². The Morgan fingerprint density at radius 2 is 1.95 bits per heavy atom. The Hall–Kier alpha value is -2.03. The van der Waals surface area contributed by atoms with Crippen LogP contribution in [0.15, 0.2) is 36.5 Å². The number of rotatable bonds is 2. The molecule has 0 aliphatic carbocycles. The zero-order valence-electron chi connectivity index (χ0n) is 10.7. The van der Waals surface area contributed by atoms with E-state index < -0.39 is 18.4 Å². The molecule has 0 saturated carbocycles. The third-order valence-corrected chi connectivity index (χ3v) is 3.03. The lowest BCUT2D eigenvalue weighted by molar-refractivity contribution is 0.00595. The second kappa shape index (κ2) is 6.17. The van der Waals surface area contributed by atoms with Gasteiger partial charge in [0.25, 0.3) is 5.92 Å². The summed E-state index contributed by atoms with van der Waals surface area (Å²) in [4.78, 5) is 3.46. The quantitative estimate of drug-likeness (QED) is 0.682. The van der Waals surface area contributed by atoms with Crippen molar-refractivity contribution >= 4 is 11.6 Å². The maximum atomic E-state index is 13.4. The normalized spacial score (nSPS) is 10.9. The summed E-state index contributed by atoms with van der Waals surface area (Å²) in [5.41, 5.74) is 5.63. The van der Waals surface area contributed by atoms with Crippen LogP contribution in [0.25, 0.3) is 0 Å². The third-order valence-electron chi connectivity index (χ3n) is 2.72. The van der Waals surface area contributed by atoms with Gasteiger partial charge < -0.3 is 5.73 Å². The fraction of sp³-hybridized carbons (Fsp3) is 0.133. The van der Waals surface area contributed by atoms with E-state index in [4.69, 9.17) is 17.3 Å². The number of halogens is 4. The molecule has 21 heavy (non-hydrogen) atoms. The van der Waals surface area contributed by atoms with Crippen molar-refractivity contribution in [1.82, 2.24) is 4.98 Å². The maximum absolute atomic E-state index is 13.4. The number of aromatic nitrogens is 1. The summed E-state index contributed by atoms with van der Waals surface area (Å²) in [5, 5.41) is 0.100. The number of benzene rings is 1. The Morgan fingerprint density at radius 3 is 2.52 bits per heavy atom. The highest BCUT2D eigenvalue weighted by molar-refractivity contribution is 6.31. The van der Waals surface area contributed by atoms with Crippen LogP contribution in [0.2, 0.25) is 5.02 Å². The Labute approximate surface area is 124 Å². The van der Waals surface area contributed by atoms with Gasteiger partial charge in [-0.3, -0.25) is 0 Å². The molecule has 0 radical (unpaired) electrons. The number of nitrogens with two attached hydrogens (primary N) is 1. The molecular weight excluding hydrogens is 301 g/mol. The topological polar surface area (TPSA) is 38.9 Å². The summed E-state index contributed by atoms with van der Waals surface area (Å²) in [6.07, 6.45) is 1.27. The smallest absolute Gasteiger partial charge is 0.285 e. The van der Waals surface area contributed by atoms with Gasteiger partial charge in [0.05, 0.1) is 11.6 Å². The minimum Gasteiger partial charge on any atom is -0.325 e. The van der Waals surface area contributed by atoms with E-state index in [1.807, 2.05) is 0 Å². The molecule has 0 bridgehead atoms. The number of nitrogens with zero attached hydrogens (tertiary/aromatic N) is 1. The van der Waals surface area contributed by atoms with Gasteiger partial charge in [-0.25, -0.2) is 4.98 Å². The molecule has 0 saturated heterocycles. The molecule has 1 aromatic heterocycles. The standard InChI is InChI=1S/C15H10ClF3N2/c16-13-7-12(15(18,19)9-20)5-4-11(13)3-1-10-2-6-14(17)21-8-10/h2,4-8H,9,20H2. The van der Waals surface area contributed by atoms with Gasteiger partial charge in [-0.15, -0.1) is 0 Å². The minimum atomic E-state index is -3.13. The van der Waals surface area contributed by atoms with E-state index in [2.05, 4.69) is 16.8 Å². The van der Waals surface area contributed by atoms with E-state index >= 15 is 0 Å². The first kappa shape index (κ1) is 15.4. The molecule has 0 spiro atoms. The van der Waals surface area contributed by atoms with Crippen molar-refractivity contribution in [2.75, 3.05) is 6.54 Å². The first-order valence-electron chi connectivity index (χ1n) is 5.94. The summed E-state index contributed by atoms with van der Waals surface area (Å²) < 4.78 is 39.5. The van der Waals surface area contributed by atoms with E-state index in [0.29, 0.717) is 11.1 Å². The number of hydrogen-bond acceptors (Lipinski definition) is 2. The summed E-state index contributed by atoms with van der Waals surface area (Å²) in [7, 11) is 0. The van der Waals surface area contributed by atoms with Gasteiger partial charge in [0, 0.05) is 22.9 Å². The minimum absolute atomic E-state index is 0.100. The molecule has 2 aromatic rings. The predicted octanol–water partition coefficient (Wildman–Crippen LogP) is 3.32. The van der Waals surface area contributed by atoms with Crippen LogP contribution >= 0.6 is 11.6 Å². The molecule has 0 atom stereocenters. The lowest BCUT2D eigenvalue weighted by atomic mass is 10.1. The van der Waals surface area contributed by atoms with Gasteiger partial charge in [-0.2, -0.15) is 13.2 Å². The zero-order chi connectivity index (χ0) is 15.5. The van der Waals surface area contributed by atoms with Crippen molar-refractivity contribution in [2.45, 2.75) is 5.92 Å². The third kappa shape index (κ3) is 3.75. The number of pyridine rings is 1. The Bertz CT molecular complexity index is 703. The largest absolute Gasteiger partial charge is 0.325 e. The highest BCUT2D eigenvalue weighted by atomic mass is 35.5. The van der Waals surface area contributed by atoms with Crippen LogP contribution in [0.5, 0.6) is 0 Å². The van der Waals surface area contributed by atoms with Crippen LogP contribution in [-0.2, 0) is 5.92 Å². The van der Waals surface area contributed by atoms with Crippen LogP contribution in [0.4, 0.5) is 13.2 Å². The molecule has 2 nitrogen and oxygen atoms in total. The van der Waals surface area contributed by atoms with Crippen molar-refractivity contribution in [3.8, 4) is 11.8 Å². The highest BCUT2D eigenvalue weighted by Gasteiger charge is 2.29. The van der Waals surface area contributed by atoms with Gasteiger partial charge in [0.2, 0.25) is 5.95 Å². The zero-order valence-corrected chi connectivity index (χ0v) is 11.5. The number of hydrogen-bond donors (Lipinski definition) is 1. The van der Waals surface area contributed by atoms with Gasteiger partial charge in [0.1, 0.15) is 0 Å². The van der Waals surface area contributed by atoms with Crippen LogP contribution in [0.3, 0.4) is 0 Å². The fourth-order valence-corrected chi connectivity index (χ4v) is 1.78. The lowest BCUT2D eigenvalue weighted by Gasteiger charge is -2.14. The molecule has 0 unspecified atom stereocenters. The molecular formula is C15H10ClF3N2. The van der Waals surface area contributed by atoms with Crippen LogP contribution in [-0.4, -0.2) is 11.5 Å². The Morgan fingerprint density at radius 1 is 1.19 bits per heavy atom. The SMILES string of the molecule is NCC(F)(F)c1ccc(C#Cc2ccc(F)nc2)c(Cl)c1. The molecule has 6 heteroatoms. The molecule has 2 N–H and O–H groups in total. The molecule has 108 valence electrons. The molecule has 0 aliphatic heterocycles. The molecule has 0 amide bonds. The summed E-state index contributed by atoms with van der Waals surface area (Å²) >= 11 is 5.93. The first-order chi connectivity index (χ1) is 9.92. The van der Waals surface area contributed by atoms with Gasteiger partial charge in [0.15, 0.2) is 0 Å².